The molecule has 0 aromatic heterocycles. The van der Waals surface area contributed by atoms with Gasteiger partial charge in [0.05, 0.1) is 13.2 Å². The Morgan fingerprint density at radius 2 is 0.808 bits per heavy atom. The smallest absolute Gasteiger partial charge is 0.306 e. The van der Waals surface area contributed by atoms with Crippen molar-refractivity contribution in [2.45, 2.75) is 232 Å². The second kappa shape index (κ2) is 45.5. The molecule has 0 bridgehead atoms. The third-order valence-electron chi connectivity index (χ3n) is 9.88. The molecule has 0 aliphatic rings. The third kappa shape index (κ3) is 42.8. The summed E-state index contributed by atoms with van der Waals surface area (Å²) in [6, 6.07) is 0. The van der Waals surface area contributed by atoms with E-state index in [4.69, 9.17) is 9.47 Å². The standard InChI is InChI=1S/C48H88O4/c1-3-5-7-9-11-13-15-17-19-21-23-24-25-26-28-30-32-34-36-38-40-42-44-51-46-47(45-49)52-48(50)43-41-39-37-35-33-31-29-27-22-20-18-16-14-12-10-8-6-4-2/h15,17,20-23,25-26,47,49H,3-14,16,18-19,24,27-46H2,1-2H3/b17-15-,22-20-,23-21-,26-25-. The molecule has 0 heterocycles. The van der Waals surface area contributed by atoms with Crippen molar-refractivity contribution in [1.29, 1.82) is 0 Å². The van der Waals surface area contributed by atoms with E-state index in [9.17, 15) is 9.90 Å². The zero-order valence-electron chi connectivity index (χ0n) is 34.8. The highest BCUT2D eigenvalue weighted by Crippen LogP contribution is 2.13. The normalized spacial score (nSPS) is 12.8. The summed E-state index contributed by atoms with van der Waals surface area (Å²) in [5, 5.41) is 9.61. The summed E-state index contributed by atoms with van der Waals surface area (Å²) in [7, 11) is 0. The molecule has 52 heavy (non-hydrogen) atoms. The van der Waals surface area contributed by atoms with E-state index in [0.717, 1.165) is 32.1 Å². The van der Waals surface area contributed by atoms with Gasteiger partial charge in [0.2, 0.25) is 0 Å². The molecule has 0 fully saturated rings. The maximum Gasteiger partial charge on any atom is 0.306 e. The molecule has 1 unspecified atom stereocenters. The number of esters is 1. The average Bonchev–Trinajstić information content (AvgIpc) is 3.15. The van der Waals surface area contributed by atoms with E-state index < -0.39 is 6.10 Å². The number of unbranched alkanes of at least 4 members (excludes halogenated alkanes) is 26. The Hall–Kier alpha value is -1.65. The maximum absolute atomic E-state index is 12.2. The van der Waals surface area contributed by atoms with Gasteiger partial charge < -0.3 is 14.6 Å². The molecule has 0 radical (unpaired) electrons. The fraction of sp³-hybridized carbons (Fsp3) is 0.812. The SMILES string of the molecule is CCCCCCC/C=C\C/C=C\C/C=C\CCCCCCCCCOCC(CO)OC(=O)CCCCCCCCC/C=C\CCCCCCCCC. The molecule has 304 valence electrons. The molecule has 0 amide bonds. The number of ether oxygens (including phenoxy) is 2. The summed E-state index contributed by atoms with van der Waals surface area (Å²) < 4.78 is 11.2. The largest absolute Gasteiger partial charge is 0.457 e. The van der Waals surface area contributed by atoms with Gasteiger partial charge in [0.25, 0.3) is 0 Å². The van der Waals surface area contributed by atoms with Crippen LogP contribution in [0.1, 0.15) is 226 Å². The van der Waals surface area contributed by atoms with Crippen molar-refractivity contribution in [3.8, 4) is 0 Å². The Morgan fingerprint density at radius 3 is 1.23 bits per heavy atom. The summed E-state index contributed by atoms with van der Waals surface area (Å²) in [6.07, 6.45) is 58.9. The van der Waals surface area contributed by atoms with E-state index in [2.05, 4.69) is 62.5 Å². The van der Waals surface area contributed by atoms with Crippen LogP contribution in [0.25, 0.3) is 0 Å². The van der Waals surface area contributed by atoms with Gasteiger partial charge in [-0.1, -0.05) is 191 Å². The maximum atomic E-state index is 12.2. The van der Waals surface area contributed by atoms with Crippen LogP contribution in [0.4, 0.5) is 0 Å². The summed E-state index contributed by atoms with van der Waals surface area (Å²) >= 11 is 0. The van der Waals surface area contributed by atoms with Crippen LogP contribution in [0, 0.1) is 0 Å². The number of rotatable bonds is 42. The predicted octanol–water partition coefficient (Wildman–Crippen LogP) is 15.0. The van der Waals surface area contributed by atoms with Crippen molar-refractivity contribution in [3.05, 3.63) is 48.6 Å². The van der Waals surface area contributed by atoms with E-state index >= 15 is 0 Å². The molecule has 0 rings (SSSR count). The quantitative estimate of drug-likeness (QED) is 0.0386. The van der Waals surface area contributed by atoms with Crippen molar-refractivity contribution in [2.75, 3.05) is 19.8 Å². The molecule has 4 heteroatoms. The number of carbonyl (C=O) groups excluding carboxylic acids is 1. The van der Waals surface area contributed by atoms with Crippen LogP contribution < -0.4 is 0 Å². The molecule has 0 aliphatic heterocycles. The Morgan fingerprint density at radius 1 is 0.462 bits per heavy atom. The van der Waals surface area contributed by atoms with Crippen molar-refractivity contribution >= 4 is 5.97 Å². The molecule has 1 atom stereocenters. The van der Waals surface area contributed by atoms with E-state index in [-0.39, 0.29) is 19.2 Å². The molecular formula is C48H88O4. The predicted molar refractivity (Wildman–Crippen MR) is 228 cm³/mol. The van der Waals surface area contributed by atoms with Crippen LogP contribution in [-0.2, 0) is 14.3 Å². The van der Waals surface area contributed by atoms with Crippen LogP contribution in [-0.4, -0.2) is 37.0 Å². The second-order valence-electron chi connectivity index (χ2n) is 15.1. The molecule has 0 saturated carbocycles. The van der Waals surface area contributed by atoms with Crippen molar-refractivity contribution < 1.29 is 19.4 Å². The van der Waals surface area contributed by atoms with Crippen molar-refractivity contribution in [3.63, 3.8) is 0 Å². The number of carbonyl (C=O) groups is 1. The van der Waals surface area contributed by atoms with Gasteiger partial charge >= 0.3 is 5.97 Å². The van der Waals surface area contributed by atoms with Crippen LogP contribution >= 0.6 is 0 Å². The first-order valence-corrected chi connectivity index (χ1v) is 22.7. The van der Waals surface area contributed by atoms with Gasteiger partial charge in [-0.05, 0) is 77.0 Å². The van der Waals surface area contributed by atoms with Crippen LogP contribution in [0.2, 0.25) is 0 Å². The molecule has 0 saturated heterocycles. The van der Waals surface area contributed by atoms with Gasteiger partial charge in [-0.15, -0.1) is 0 Å². The van der Waals surface area contributed by atoms with E-state index in [1.165, 1.54) is 173 Å². The minimum Gasteiger partial charge on any atom is -0.457 e. The Labute approximate surface area is 324 Å². The second-order valence-corrected chi connectivity index (χ2v) is 15.1. The summed E-state index contributed by atoms with van der Waals surface area (Å²) in [6.45, 7) is 5.32. The summed E-state index contributed by atoms with van der Waals surface area (Å²) in [5.74, 6) is -0.208. The van der Waals surface area contributed by atoms with Gasteiger partial charge in [0.15, 0.2) is 0 Å². The van der Waals surface area contributed by atoms with Crippen molar-refractivity contribution in [1.82, 2.24) is 0 Å². The first-order chi connectivity index (χ1) is 25.7. The highest BCUT2D eigenvalue weighted by Gasteiger charge is 2.13. The minimum absolute atomic E-state index is 0.178. The van der Waals surface area contributed by atoms with E-state index in [0.29, 0.717) is 13.0 Å². The lowest BCUT2D eigenvalue weighted by Crippen LogP contribution is -2.27. The number of aliphatic hydroxyl groups is 1. The molecule has 0 spiro atoms. The fourth-order valence-corrected chi connectivity index (χ4v) is 6.45. The summed E-state index contributed by atoms with van der Waals surface area (Å²) in [4.78, 5) is 12.2. The Bertz CT molecular complexity index is 813. The van der Waals surface area contributed by atoms with Gasteiger partial charge in [0.1, 0.15) is 6.10 Å². The molecule has 1 N–H and O–H groups in total. The number of allylic oxidation sites excluding steroid dienone is 8. The first-order valence-electron chi connectivity index (χ1n) is 22.7. The number of hydrogen-bond acceptors (Lipinski definition) is 4. The average molecular weight is 729 g/mol. The molecule has 4 nitrogen and oxygen atoms in total. The van der Waals surface area contributed by atoms with Gasteiger partial charge in [-0.25, -0.2) is 0 Å². The fourth-order valence-electron chi connectivity index (χ4n) is 6.45. The molecular weight excluding hydrogens is 641 g/mol. The Balaban J connectivity index is 3.46. The van der Waals surface area contributed by atoms with Gasteiger partial charge in [0, 0.05) is 13.0 Å². The topological polar surface area (TPSA) is 55.8 Å². The monoisotopic (exact) mass is 729 g/mol. The Kier molecular flexibility index (Phi) is 44.1. The first kappa shape index (κ1) is 50.4. The highest BCUT2D eigenvalue weighted by atomic mass is 16.6. The summed E-state index contributed by atoms with van der Waals surface area (Å²) in [5.41, 5.74) is 0. The van der Waals surface area contributed by atoms with Gasteiger partial charge in [-0.3, -0.25) is 4.79 Å². The third-order valence-corrected chi connectivity index (χ3v) is 9.88. The molecule has 0 aromatic rings. The minimum atomic E-state index is -0.543. The number of hydrogen-bond donors (Lipinski definition) is 1. The van der Waals surface area contributed by atoms with Crippen LogP contribution in [0.5, 0.6) is 0 Å². The van der Waals surface area contributed by atoms with E-state index in [1.807, 2.05) is 0 Å². The van der Waals surface area contributed by atoms with Crippen LogP contribution in [0.3, 0.4) is 0 Å². The van der Waals surface area contributed by atoms with Crippen molar-refractivity contribution in [2.24, 2.45) is 0 Å². The molecule has 0 aromatic carbocycles. The van der Waals surface area contributed by atoms with Gasteiger partial charge in [-0.2, -0.15) is 0 Å². The zero-order chi connectivity index (χ0) is 37.7. The lowest BCUT2D eigenvalue weighted by atomic mass is 10.1. The van der Waals surface area contributed by atoms with Crippen LogP contribution in [0.15, 0.2) is 48.6 Å². The molecule has 0 aliphatic carbocycles. The highest BCUT2D eigenvalue weighted by molar-refractivity contribution is 5.69. The lowest BCUT2D eigenvalue weighted by molar-refractivity contribution is -0.154. The lowest BCUT2D eigenvalue weighted by Gasteiger charge is -2.15. The zero-order valence-corrected chi connectivity index (χ0v) is 34.8. The van der Waals surface area contributed by atoms with E-state index in [1.54, 1.807) is 0 Å². The number of aliphatic hydroxyl groups excluding tert-OH is 1.